The van der Waals surface area contributed by atoms with Crippen LogP contribution in [-0.4, -0.2) is 51.6 Å². The lowest BCUT2D eigenvalue weighted by Gasteiger charge is -2.33. The molecule has 0 spiro atoms. The van der Waals surface area contributed by atoms with Crippen molar-refractivity contribution in [1.29, 1.82) is 0 Å². The Hall–Kier alpha value is -4.27. The zero-order valence-electron chi connectivity index (χ0n) is 20.0. The maximum atomic E-state index is 14.4. The second kappa shape index (κ2) is 9.77. The Morgan fingerprint density at radius 1 is 1.25 bits per heavy atom. The number of amides is 2. The van der Waals surface area contributed by atoms with Gasteiger partial charge in [-0.25, -0.2) is 4.39 Å². The quantitative estimate of drug-likeness (QED) is 0.428. The van der Waals surface area contributed by atoms with E-state index in [2.05, 4.69) is 20.5 Å². The second-order valence-electron chi connectivity index (χ2n) is 8.92. The fourth-order valence-electron chi connectivity index (χ4n) is 4.60. The van der Waals surface area contributed by atoms with Gasteiger partial charge in [0.15, 0.2) is 0 Å². The van der Waals surface area contributed by atoms with E-state index in [-0.39, 0.29) is 37.4 Å². The first-order valence-corrected chi connectivity index (χ1v) is 11.7. The van der Waals surface area contributed by atoms with Gasteiger partial charge in [0, 0.05) is 53.0 Å². The molecular formula is C27H26FN5O3. The third-order valence-electron chi connectivity index (χ3n) is 6.48. The van der Waals surface area contributed by atoms with Crippen LogP contribution in [0, 0.1) is 12.7 Å². The van der Waals surface area contributed by atoms with Gasteiger partial charge in [-0.1, -0.05) is 6.07 Å². The number of ether oxygens (including phenoxy) is 1. The van der Waals surface area contributed by atoms with Gasteiger partial charge in [-0.05, 0) is 55.8 Å². The van der Waals surface area contributed by atoms with Crippen molar-refractivity contribution in [3.63, 3.8) is 0 Å². The molecule has 0 saturated carbocycles. The summed E-state index contributed by atoms with van der Waals surface area (Å²) >= 11 is 0. The first-order chi connectivity index (χ1) is 17.4. The number of carbonyl (C=O) groups excluding carboxylic acids is 2. The van der Waals surface area contributed by atoms with Crippen LogP contribution in [0.5, 0.6) is 5.75 Å². The largest absolute Gasteiger partial charge is 0.496 e. The van der Waals surface area contributed by atoms with Crippen LogP contribution in [-0.2, 0) is 11.3 Å². The molecule has 5 rings (SSSR count). The maximum absolute atomic E-state index is 14.4. The minimum absolute atomic E-state index is 0.0801. The number of rotatable bonds is 6. The zero-order valence-corrected chi connectivity index (χ0v) is 20.0. The summed E-state index contributed by atoms with van der Waals surface area (Å²) in [5, 5.41) is 11.3. The molecule has 0 aliphatic carbocycles. The van der Waals surface area contributed by atoms with Gasteiger partial charge < -0.3 is 15.0 Å². The summed E-state index contributed by atoms with van der Waals surface area (Å²) in [6.45, 7) is 2.28. The molecule has 0 unspecified atom stereocenters. The molecule has 1 fully saturated rings. The van der Waals surface area contributed by atoms with E-state index in [1.807, 2.05) is 31.2 Å². The number of fused-ring (bicyclic) bond motifs is 1. The van der Waals surface area contributed by atoms with E-state index in [1.165, 1.54) is 13.2 Å². The van der Waals surface area contributed by atoms with Crippen LogP contribution in [0.4, 0.5) is 4.39 Å². The van der Waals surface area contributed by atoms with Crippen molar-refractivity contribution < 1.29 is 18.7 Å². The average molecular weight is 488 g/mol. The number of aromatic nitrogens is 3. The third-order valence-corrected chi connectivity index (χ3v) is 6.48. The summed E-state index contributed by atoms with van der Waals surface area (Å²) in [5.74, 6) is -0.356. The van der Waals surface area contributed by atoms with Crippen LogP contribution in [0.15, 0.2) is 54.7 Å². The average Bonchev–Trinajstić information content (AvgIpc) is 3.30. The number of nitrogens with zero attached hydrogens (tertiary/aromatic N) is 3. The molecule has 1 saturated heterocycles. The number of aromatic amines is 1. The van der Waals surface area contributed by atoms with Crippen molar-refractivity contribution in [3.05, 3.63) is 77.4 Å². The van der Waals surface area contributed by atoms with Crippen LogP contribution >= 0.6 is 0 Å². The molecule has 2 aromatic heterocycles. The van der Waals surface area contributed by atoms with E-state index in [0.29, 0.717) is 23.3 Å². The zero-order chi connectivity index (χ0) is 25.2. The lowest BCUT2D eigenvalue weighted by molar-refractivity contribution is -0.134. The predicted molar refractivity (Wildman–Crippen MR) is 133 cm³/mol. The molecule has 4 aromatic rings. The Kier molecular flexibility index (Phi) is 6.37. The molecule has 0 radical (unpaired) electrons. The van der Waals surface area contributed by atoms with Crippen LogP contribution in [0.2, 0.25) is 0 Å². The molecule has 1 aliphatic rings. The van der Waals surface area contributed by atoms with Crippen molar-refractivity contribution >= 4 is 22.7 Å². The van der Waals surface area contributed by atoms with Gasteiger partial charge in [0.2, 0.25) is 5.91 Å². The van der Waals surface area contributed by atoms with E-state index in [0.717, 1.165) is 27.9 Å². The highest BCUT2D eigenvalue weighted by molar-refractivity contribution is 6.01. The number of pyridine rings is 1. The van der Waals surface area contributed by atoms with Crippen molar-refractivity contribution in [2.75, 3.05) is 13.7 Å². The van der Waals surface area contributed by atoms with Gasteiger partial charge in [0.25, 0.3) is 5.91 Å². The summed E-state index contributed by atoms with van der Waals surface area (Å²) in [7, 11) is 1.47. The number of halogens is 1. The summed E-state index contributed by atoms with van der Waals surface area (Å²) in [5.41, 5.74) is 4.18. The van der Waals surface area contributed by atoms with Crippen molar-refractivity contribution in [1.82, 2.24) is 25.4 Å². The molecule has 2 N–H and O–H groups in total. The van der Waals surface area contributed by atoms with Gasteiger partial charge >= 0.3 is 0 Å². The van der Waals surface area contributed by atoms with Crippen LogP contribution < -0.4 is 10.1 Å². The fraction of sp³-hybridized carbons (Fsp3) is 0.259. The van der Waals surface area contributed by atoms with Crippen LogP contribution in [0.1, 0.15) is 34.5 Å². The van der Waals surface area contributed by atoms with Crippen LogP contribution in [0.25, 0.3) is 22.2 Å². The lowest BCUT2D eigenvalue weighted by atomic mass is 10.0. The molecule has 184 valence electrons. The minimum Gasteiger partial charge on any atom is -0.496 e. The summed E-state index contributed by atoms with van der Waals surface area (Å²) in [4.78, 5) is 31.5. The van der Waals surface area contributed by atoms with Gasteiger partial charge in [0.1, 0.15) is 17.3 Å². The number of likely N-dealkylation sites (tertiary alicyclic amines) is 1. The number of hydrogen-bond acceptors (Lipinski definition) is 5. The van der Waals surface area contributed by atoms with Crippen molar-refractivity contribution in [3.8, 4) is 17.0 Å². The van der Waals surface area contributed by atoms with Gasteiger partial charge in [-0.15, -0.1) is 0 Å². The number of nitrogens with one attached hydrogen (secondary N) is 2. The molecule has 2 aromatic carbocycles. The van der Waals surface area contributed by atoms with Gasteiger partial charge in [-0.2, -0.15) is 5.10 Å². The number of piperidine rings is 1. The molecule has 9 heteroatoms. The first kappa shape index (κ1) is 23.5. The Morgan fingerprint density at radius 2 is 2.11 bits per heavy atom. The predicted octanol–water partition coefficient (Wildman–Crippen LogP) is 4.00. The molecule has 0 bridgehead atoms. The Balaban J connectivity index is 1.33. The lowest BCUT2D eigenvalue weighted by Crippen LogP contribution is -2.49. The van der Waals surface area contributed by atoms with E-state index in [4.69, 9.17) is 4.74 Å². The smallest absolute Gasteiger partial charge is 0.251 e. The van der Waals surface area contributed by atoms with E-state index >= 15 is 0 Å². The minimum atomic E-state index is -0.429. The Bertz CT molecular complexity index is 1450. The van der Waals surface area contributed by atoms with Crippen molar-refractivity contribution in [2.24, 2.45) is 0 Å². The van der Waals surface area contributed by atoms with E-state index in [9.17, 15) is 14.0 Å². The molecule has 8 nitrogen and oxygen atoms in total. The second-order valence-corrected chi connectivity index (χ2v) is 8.92. The Morgan fingerprint density at radius 3 is 2.92 bits per heavy atom. The highest BCUT2D eigenvalue weighted by Gasteiger charge is 2.28. The molecule has 3 heterocycles. The molecule has 2 amide bonds. The summed E-state index contributed by atoms with van der Waals surface area (Å²) < 4.78 is 19.7. The normalized spacial score (nSPS) is 15.8. The fourth-order valence-corrected chi connectivity index (χ4v) is 4.60. The number of hydrogen-bond donors (Lipinski definition) is 2. The first-order valence-electron chi connectivity index (χ1n) is 11.7. The number of H-pyrrole nitrogens is 1. The standard InChI is InChI=1S/C27H26FN5O3/c1-16-12-17(10-11-29-16)26-20-13-18(6-8-23(20)31-32-26)27(35)30-19-7-9-25(34)33(14-19)15-21-22(28)4-3-5-24(21)36-2/h3-6,8,10-13,19H,7,9,14-15H2,1-2H3,(H,30,35)(H,31,32)/t19-/m0/s1. The number of benzene rings is 2. The van der Waals surface area contributed by atoms with E-state index < -0.39 is 5.82 Å². The van der Waals surface area contributed by atoms with Crippen molar-refractivity contribution in [2.45, 2.75) is 32.4 Å². The molecule has 1 atom stereocenters. The highest BCUT2D eigenvalue weighted by atomic mass is 19.1. The topological polar surface area (TPSA) is 100 Å². The number of carbonyl (C=O) groups is 2. The molecule has 1 aliphatic heterocycles. The van der Waals surface area contributed by atoms with Crippen LogP contribution in [0.3, 0.4) is 0 Å². The molecular weight excluding hydrogens is 461 g/mol. The summed E-state index contributed by atoms with van der Waals surface area (Å²) in [6.07, 6.45) is 2.52. The Labute approximate surface area is 207 Å². The maximum Gasteiger partial charge on any atom is 0.251 e. The number of methoxy groups -OCH3 is 1. The monoisotopic (exact) mass is 487 g/mol. The van der Waals surface area contributed by atoms with Gasteiger partial charge in [0.05, 0.1) is 19.2 Å². The van der Waals surface area contributed by atoms with E-state index in [1.54, 1.807) is 29.3 Å². The highest BCUT2D eigenvalue weighted by Crippen LogP contribution is 2.28. The third kappa shape index (κ3) is 4.64. The van der Waals surface area contributed by atoms with Gasteiger partial charge in [-0.3, -0.25) is 19.7 Å². The summed E-state index contributed by atoms with van der Waals surface area (Å²) in [6, 6.07) is 13.5. The molecule has 36 heavy (non-hydrogen) atoms. The SMILES string of the molecule is COc1cccc(F)c1CN1C[C@@H](NC(=O)c2ccc3[nH]nc(-c4ccnc(C)c4)c3c2)CCC1=O. The number of aryl methyl sites for hydroxylation is 1.